The van der Waals surface area contributed by atoms with Gasteiger partial charge < -0.3 is 4.74 Å². The molecule has 0 saturated heterocycles. The maximum Gasteiger partial charge on any atom is 0.338 e. The number of hydrogen-bond donors (Lipinski definition) is 0. The zero-order valence-corrected chi connectivity index (χ0v) is 16.2. The minimum absolute atomic E-state index is 0.241. The average molecular weight is 341 g/mol. The van der Waals surface area contributed by atoms with E-state index in [4.69, 9.17) is 4.74 Å². The molecule has 0 aliphatic heterocycles. The summed E-state index contributed by atoms with van der Waals surface area (Å²) in [6, 6.07) is 18.8. The molecule has 2 aromatic rings. The van der Waals surface area contributed by atoms with Gasteiger partial charge in [0.1, 0.15) is 0 Å². The molecule has 0 amide bonds. The lowest BCUT2D eigenvalue weighted by atomic mass is 10.1. The third-order valence-electron chi connectivity index (χ3n) is 5.08. The Bertz CT molecular complexity index is 647. The highest BCUT2D eigenvalue weighted by Crippen LogP contribution is 2.26. The highest BCUT2D eigenvalue weighted by Gasteiger charge is 2.29. The predicted octanol–water partition coefficient (Wildman–Crippen LogP) is 4.80. The van der Waals surface area contributed by atoms with Crippen LogP contribution < -0.4 is 5.19 Å². The number of aryl methyl sites for hydroxylation is 1. The van der Waals surface area contributed by atoms with Gasteiger partial charge in [-0.3, -0.25) is 0 Å². The zero-order valence-electron chi connectivity index (χ0n) is 15.2. The Hall–Kier alpha value is -1.87. The van der Waals surface area contributed by atoms with Crippen LogP contribution in [0, 0.1) is 0 Å². The highest BCUT2D eigenvalue weighted by atomic mass is 28.3. The number of carbonyl (C=O) groups excluding carboxylic acids is 1. The standard InChI is InChI=1S/C21H28O2Si/c1-5-23-21(22)19-15-13-18(14-16-19)12-11-17(2)24(3,4)20-9-7-6-8-10-20/h6-10,13-17H,5,11-12H2,1-4H3. The molecular formula is C21H28O2Si. The first kappa shape index (κ1) is 18.5. The Morgan fingerprint density at radius 2 is 1.67 bits per heavy atom. The second kappa shape index (κ2) is 8.29. The van der Waals surface area contributed by atoms with Gasteiger partial charge >= 0.3 is 5.97 Å². The van der Waals surface area contributed by atoms with Crippen molar-refractivity contribution >= 4 is 19.2 Å². The molecule has 0 aliphatic rings. The molecule has 1 unspecified atom stereocenters. The van der Waals surface area contributed by atoms with Crippen molar-refractivity contribution in [1.82, 2.24) is 0 Å². The Balaban J connectivity index is 1.96. The molecule has 0 radical (unpaired) electrons. The predicted molar refractivity (Wildman–Crippen MR) is 104 cm³/mol. The van der Waals surface area contributed by atoms with E-state index >= 15 is 0 Å². The van der Waals surface area contributed by atoms with Crippen molar-refractivity contribution in [2.75, 3.05) is 6.61 Å². The summed E-state index contributed by atoms with van der Waals surface area (Å²) in [5.74, 6) is -0.241. The third-order valence-corrected chi connectivity index (χ3v) is 9.65. The maximum absolute atomic E-state index is 11.7. The number of rotatable bonds is 7. The van der Waals surface area contributed by atoms with E-state index in [-0.39, 0.29) is 5.97 Å². The van der Waals surface area contributed by atoms with Crippen LogP contribution in [0.4, 0.5) is 0 Å². The van der Waals surface area contributed by atoms with Crippen molar-refractivity contribution in [1.29, 1.82) is 0 Å². The fourth-order valence-electron chi connectivity index (χ4n) is 2.92. The SMILES string of the molecule is CCOC(=O)c1ccc(CCC(C)[Si](C)(C)c2ccccc2)cc1. The largest absolute Gasteiger partial charge is 0.462 e. The molecule has 0 heterocycles. The van der Waals surface area contributed by atoms with E-state index in [1.165, 1.54) is 17.2 Å². The summed E-state index contributed by atoms with van der Waals surface area (Å²) in [6.45, 7) is 9.53. The van der Waals surface area contributed by atoms with E-state index in [0.29, 0.717) is 17.7 Å². The van der Waals surface area contributed by atoms with Crippen LogP contribution in [0.15, 0.2) is 54.6 Å². The quantitative estimate of drug-likeness (QED) is 0.534. The molecule has 0 N–H and O–H groups in total. The Morgan fingerprint density at radius 3 is 2.25 bits per heavy atom. The first-order valence-electron chi connectivity index (χ1n) is 8.76. The van der Waals surface area contributed by atoms with Crippen LogP contribution in [-0.4, -0.2) is 20.7 Å². The van der Waals surface area contributed by atoms with E-state index in [9.17, 15) is 4.79 Å². The number of ether oxygens (including phenoxy) is 1. The lowest BCUT2D eigenvalue weighted by Gasteiger charge is -2.30. The molecule has 3 heteroatoms. The van der Waals surface area contributed by atoms with Crippen LogP contribution in [0.2, 0.25) is 18.6 Å². The van der Waals surface area contributed by atoms with Gasteiger partial charge in [-0.1, -0.05) is 67.7 Å². The van der Waals surface area contributed by atoms with Gasteiger partial charge in [0.25, 0.3) is 0 Å². The Labute approximate surface area is 146 Å². The molecular weight excluding hydrogens is 312 g/mol. The van der Waals surface area contributed by atoms with Gasteiger partial charge in [-0.25, -0.2) is 4.79 Å². The molecule has 0 aliphatic carbocycles. The highest BCUT2D eigenvalue weighted by molar-refractivity contribution is 6.90. The molecule has 2 aromatic carbocycles. The minimum Gasteiger partial charge on any atom is -0.462 e. The van der Waals surface area contributed by atoms with Crippen molar-refractivity contribution in [3.8, 4) is 0 Å². The van der Waals surface area contributed by atoms with E-state index in [1.54, 1.807) is 0 Å². The lowest BCUT2D eigenvalue weighted by Crippen LogP contribution is -2.45. The van der Waals surface area contributed by atoms with Crippen LogP contribution in [0.5, 0.6) is 0 Å². The van der Waals surface area contributed by atoms with Crippen LogP contribution in [0.3, 0.4) is 0 Å². The summed E-state index contributed by atoms with van der Waals surface area (Å²) in [7, 11) is -1.45. The van der Waals surface area contributed by atoms with Gasteiger partial charge in [0.15, 0.2) is 0 Å². The molecule has 0 aromatic heterocycles. The summed E-state index contributed by atoms with van der Waals surface area (Å²) in [4.78, 5) is 11.7. The fourth-order valence-corrected chi connectivity index (χ4v) is 5.40. The first-order chi connectivity index (χ1) is 11.4. The van der Waals surface area contributed by atoms with E-state index in [2.05, 4.69) is 62.5 Å². The lowest BCUT2D eigenvalue weighted by molar-refractivity contribution is 0.0526. The van der Waals surface area contributed by atoms with Crippen molar-refractivity contribution in [2.24, 2.45) is 0 Å². The fraction of sp³-hybridized carbons (Fsp3) is 0.381. The van der Waals surface area contributed by atoms with Crippen LogP contribution in [0.25, 0.3) is 0 Å². The third kappa shape index (κ3) is 4.57. The number of carbonyl (C=O) groups is 1. The number of hydrogen-bond acceptors (Lipinski definition) is 2. The molecule has 0 spiro atoms. The van der Waals surface area contributed by atoms with Crippen LogP contribution in [0.1, 0.15) is 36.2 Å². The molecule has 2 nitrogen and oxygen atoms in total. The molecule has 0 saturated carbocycles. The van der Waals surface area contributed by atoms with E-state index in [0.717, 1.165) is 6.42 Å². The zero-order chi connectivity index (χ0) is 17.6. The molecule has 128 valence electrons. The molecule has 2 rings (SSSR count). The summed E-state index contributed by atoms with van der Waals surface area (Å²) < 4.78 is 5.03. The first-order valence-corrected chi connectivity index (χ1v) is 11.8. The summed E-state index contributed by atoms with van der Waals surface area (Å²) >= 11 is 0. The molecule has 0 bridgehead atoms. The summed E-state index contributed by atoms with van der Waals surface area (Å²) in [5, 5.41) is 1.52. The van der Waals surface area contributed by atoms with Gasteiger partial charge in [-0.05, 0) is 43.0 Å². The molecule has 0 fully saturated rings. The van der Waals surface area contributed by atoms with Gasteiger partial charge in [0.05, 0.1) is 20.2 Å². The smallest absolute Gasteiger partial charge is 0.338 e. The monoisotopic (exact) mass is 340 g/mol. The summed E-state index contributed by atoms with van der Waals surface area (Å²) in [6.07, 6.45) is 2.22. The Morgan fingerprint density at radius 1 is 1.04 bits per heavy atom. The van der Waals surface area contributed by atoms with Crippen molar-refractivity contribution < 1.29 is 9.53 Å². The molecule has 1 atom stereocenters. The number of benzene rings is 2. The van der Waals surface area contributed by atoms with E-state index < -0.39 is 8.07 Å². The normalized spacial score (nSPS) is 12.7. The van der Waals surface area contributed by atoms with Crippen molar-refractivity contribution in [3.05, 3.63) is 65.7 Å². The minimum atomic E-state index is -1.45. The maximum atomic E-state index is 11.7. The van der Waals surface area contributed by atoms with Gasteiger partial charge in [0.2, 0.25) is 0 Å². The average Bonchev–Trinajstić information content (AvgIpc) is 2.61. The topological polar surface area (TPSA) is 26.3 Å². The van der Waals surface area contributed by atoms with Crippen LogP contribution in [-0.2, 0) is 11.2 Å². The Kier molecular flexibility index (Phi) is 6.38. The van der Waals surface area contributed by atoms with Crippen molar-refractivity contribution in [3.63, 3.8) is 0 Å². The summed E-state index contributed by atoms with van der Waals surface area (Å²) in [5.41, 5.74) is 2.62. The van der Waals surface area contributed by atoms with E-state index in [1.807, 2.05) is 19.1 Å². The van der Waals surface area contributed by atoms with Crippen molar-refractivity contribution in [2.45, 2.75) is 45.3 Å². The van der Waals surface area contributed by atoms with Gasteiger partial charge in [0, 0.05) is 0 Å². The van der Waals surface area contributed by atoms with Crippen LogP contribution >= 0.6 is 0 Å². The second-order valence-electron chi connectivity index (χ2n) is 6.94. The molecule has 24 heavy (non-hydrogen) atoms. The second-order valence-corrected chi connectivity index (χ2v) is 12.0. The van der Waals surface area contributed by atoms with Gasteiger partial charge in [-0.15, -0.1) is 0 Å². The number of esters is 1. The van der Waals surface area contributed by atoms with Gasteiger partial charge in [-0.2, -0.15) is 0 Å².